The highest BCUT2D eigenvalue weighted by atomic mass is 19.1. The van der Waals surface area contributed by atoms with Gasteiger partial charge in [-0.1, -0.05) is 30.3 Å². The standard InChI is InChI=1S/C18H19FN6O/c1-24(2)17(13-8-10-14(19)11-9-13)18(26)20-12-16-21-22-23-25(16)15-6-4-3-5-7-15/h3-11,17H,12H2,1-2H3,(H,20,26)/t17-/m0/s1. The van der Waals surface area contributed by atoms with Crippen molar-refractivity contribution in [1.82, 2.24) is 30.4 Å². The summed E-state index contributed by atoms with van der Waals surface area (Å²) in [4.78, 5) is 14.5. The van der Waals surface area contributed by atoms with Crippen molar-refractivity contribution in [2.75, 3.05) is 14.1 Å². The molecular weight excluding hydrogens is 335 g/mol. The number of tetrazole rings is 1. The van der Waals surface area contributed by atoms with Crippen LogP contribution < -0.4 is 5.32 Å². The van der Waals surface area contributed by atoms with E-state index in [4.69, 9.17) is 0 Å². The average molecular weight is 354 g/mol. The van der Waals surface area contributed by atoms with Crippen molar-refractivity contribution >= 4 is 5.91 Å². The predicted molar refractivity (Wildman–Crippen MR) is 93.8 cm³/mol. The Morgan fingerprint density at radius 3 is 2.50 bits per heavy atom. The van der Waals surface area contributed by atoms with Gasteiger partial charge >= 0.3 is 0 Å². The molecule has 26 heavy (non-hydrogen) atoms. The van der Waals surface area contributed by atoms with Crippen molar-refractivity contribution in [1.29, 1.82) is 0 Å². The van der Waals surface area contributed by atoms with Gasteiger partial charge in [0.1, 0.15) is 11.9 Å². The maximum atomic E-state index is 13.2. The smallest absolute Gasteiger partial charge is 0.242 e. The first kappa shape index (κ1) is 17.7. The number of aromatic nitrogens is 4. The van der Waals surface area contributed by atoms with Gasteiger partial charge in [0.2, 0.25) is 5.91 Å². The number of carbonyl (C=O) groups is 1. The van der Waals surface area contributed by atoms with E-state index in [1.54, 1.807) is 35.8 Å². The second kappa shape index (κ2) is 7.83. The molecule has 0 saturated carbocycles. The Labute approximate surface area is 150 Å². The van der Waals surface area contributed by atoms with Crippen molar-refractivity contribution < 1.29 is 9.18 Å². The van der Waals surface area contributed by atoms with E-state index in [2.05, 4.69) is 20.8 Å². The summed E-state index contributed by atoms with van der Waals surface area (Å²) in [7, 11) is 3.59. The maximum absolute atomic E-state index is 13.2. The largest absolute Gasteiger partial charge is 0.347 e. The number of halogens is 1. The molecule has 3 rings (SSSR count). The normalized spacial score (nSPS) is 12.2. The van der Waals surface area contributed by atoms with Crippen molar-refractivity contribution in [3.05, 3.63) is 71.8 Å². The second-order valence-electron chi connectivity index (χ2n) is 5.98. The Morgan fingerprint density at radius 1 is 1.15 bits per heavy atom. The number of likely N-dealkylation sites (N-methyl/N-ethyl adjacent to an activating group) is 1. The first-order chi connectivity index (χ1) is 12.6. The minimum absolute atomic E-state index is 0.173. The lowest BCUT2D eigenvalue weighted by Gasteiger charge is -2.23. The van der Waals surface area contributed by atoms with Crippen LogP contribution in [-0.4, -0.2) is 45.1 Å². The summed E-state index contributed by atoms with van der Waals surface area (Å²) in [5.41, 5.74) is 1.51. The highest BCUT2D eigenvalue weighted by Gasteiger charge is 2.23. The van der Waals surface area contributed by atoms with Crippen LogP contribution >= 0.6 is 0 Å². The Balaban J connectivity index is 1.74. The molecule has 8 heteroatoms. The van der Waals surface area contributed by atoms with E-state index in [0.29, 0.717) is 11.4 Å². The van der Waals surface area contributed by atoms with Crippen LogP contribution in [0.4, 0.5) is 4.39 Å². The second-order valence-corrected chi connectivity index (χ2v) is 5.98. The molecule has 0 radical (unpaired) electrons. The molecular formula is C18H19FN6O. The van der Waals surface area contributed by atoms with E-state index in [0.717, 1.165) is 5.69 Å². The fourth-order valence-corrected chi connectivity index (χ4v) is 2.68. The highest BCUT2D eigenvalue weighted by Crippen LogP contribution is 2.19. The number of nitrogens with zero attached hydrogens (tertiary/aromatic N) is 5. The lowest BCUT2D eigenvalue weighted by atomic mass is 10.1. The van der Waals surface area contributed by atoms with Crippen LogP contribution in [0.2, 0.25) is 0 Å². The number of hydrogen-bond donors (Lipinski definition) is 1. The van der Waals surface area contributed by atoms with E-state index in [9.17, 15) is 9.18 Å². The molecule has 1 atom stereocenters. The van der Waals surface area contributed by atoms with Crippen LogP contribution in [0, 0.1) is 5.82 Å². The van der Waals surface area contributed by atoms with E-state index in [1.165, 1.54) is 12.1 Å². The van der Waals surface area contributed by atoms with Gasteiger partial charge in [0.15, 0.2) is 5.82 Å². The number of benzene rings is 2. The highest BCUT2D eigenvalue weighted by molar-refractivity contribution is 5.83. The summed E-state index contributed by atoms with van der Waals surface area (Å²) < 4.78 is 14.7. The number of hydrogen-bond acceptors (Lipinski definition) is 5. The monoisotopic (exact) mass is 354 g/mol. The van der Waals surface area contributed by atoms with Gasteiger partial charge in [0.25, 0.3) is 0 Å². The van der Waals surface area contributed by atoms with Crippen LogP contribution in [-0.2, 0) is 11.3 Å². The van der Waals surface area contributed by atoms with Gasteiger partial charge in [-0.05, 0) is 54.4 Å². The van der Waals surface area contributed by atoms with Crippen molar-refractivity contribution in [3.63, 3.8) is 0 Å². The lowest BCUT2D eigenvalue weighted by molar-refractivity contribution is -0.126. The Hall–Kier alpha value is -3.13. The summed E-state index contributed by atoms with van der Waals surface area (Å²) >= 11 is 0. The molecule has 7 nitrogen and oxygen atoms in total. The van der Waals surface area contributed by atoms with Gasteiger partial charge in [-0.25, -0.2) is 4.39 Å². The summed E-state index contributed by atoms with van der Waals surface area (Å²) in [6.45, 7) is 0.173. The quantitative estimate of drug-likeness (QED) is 0.729. The van der Waals surface area contributed by atoms with Gasteiger partial charge in [-0.15, -0.1) is 5.10 Å². The zero-order chi connectivity index (χ0) is 18.5. The van der Waals surface area contributed by atoms with Gasteiger partial charge < -0.3 is 5.32 Å². The number of amides is 1. The molecule has 1 aromatic heterocycles. The molecule has 0 fully saturated rings. The van der Waals surface area contributed by atoms with Crippen LogP contribution in [0.15, 0.2) is 54.6 Å². The molecule has 1 N–H and O–H groups in total. The minimum Gasteiger partial charge on any atom is -0.347 e. The van der Waals surface area contributed by atoms with E-state index in [-0.39, 0.29) is 18.3 Å². The first-order valence-electron chi connectivity index (χ1n) is 8.08. The summed E-state index contributed by atoms with van der Waals surface area (Å²) in [5.74, 6) is -0.0425. The van der Waals surface area contributed by atoms with Crippen molar-refractivity contribution in [2.45, 2.75) is 12.6 Å². The number of carbonyl (C=O) groups excluding carboxylic acids is 1. The topological polar surface area (TPSA) is 75.9 Å². The first-order valence-corrected chi connectivity index (χ1v) is 8.08. The SMILES string of the molecule is CN(C)[C@H](C(=O)NCc1nnnn1-c1ccccc1)c1ccc(F)cc1. The molecule has 0 aliphatic heterocycles. The lowest BCUT2D eigenvalue weighted by Crippen LogP contribution is -2.37. The molecule has 0 saturated heterocycles. The van der Waals surface area contributed by atoms with Crippen LogP contribution in [0.3, 0.4) is 0 Å². The average Bonchev–Trinajstić information content (AvgIpc) is 3.11. The molecule has 0 unspecified atom stereocenters. The van der Waals surface area contributed by atoms with Gasteiger partial charge in [-0.3, -0.25) is 9.69 Å². The Bertz CT molecular complexity index is 863. The number of para-hydroxylation sites is 1. The third-order valence-electron chi connectivity index (χ3n) is 3.91. The van der Waals surface area contributed by atoms with Crippen molar-refractivity contribution in [2.24, 2.45) is 0 Å². The van der Waals surface area contributed by atoms with Gasteiger partial charge in [0, 0.05) is 0 Å². The third-order valence-corrected chi connectivity index (χ3v) is 3.91. The molecule has 1 amide bonds. The van der Waals surface area contributed by atoms with Crippen LogP contribution in [0.25, 0.3) is 5.69 Å². The van der Waals surface area contributed by atoms with E-state index >= 15 is 0 Å². The summed E-state index contributed by atoms with van der Waals surface area (Å²) in [5, 5.41) is 14.5. The minimum atomic E-state index is -0.545. The van der Waals surface area contributed by atoms with Crippen LogP contribution in [0.5, 0.6) is 0 Å². The van der Waals surface area contributed by atoms with Crippen molar-refractivity contribution in [3.8, 4) is 5.69 Å². The van der Waals surface area contributed by atoms with Crippen LogP contribution in [0.1, 0.15) is 17.4 Å². The van der Waals surface area contributed by atoms with Gasteiger partial charge in [-0.2, -0.15) is 4.68 Å². The fourth-order valence-electron chi connectivity index (χ4n) is 2.68. The third kappa shape index (κ3) is 3.92. The molecule has 1 heterocycles. The predicted octanol–water partition coefficient (Wildman–Crippen LogP) is 1.72. The number of rotatable bonds is 6. The Morgan fingerprint density at radius 2 is 1.85 bits per heavy atom. The molecule has 2 aromatic carbocycles. The molecule has 134 valence electrons. The maximum Gasteiger partial charge on any atom is 0.242 e. The summed E-state index contributed by atoms with van der Waals surface area (Å²) in [6, 6.07) is 14.8. The molecule has 0 bridgehead atoms. The molecule has 0 spiro atoms. The van der Waals surface area contributed by atoms with Gasteiger partial charge in [0.05, 0.1) is 12.2 Å². The molecule has 0 aliphatic rings. The summed E-state index contributed by atoms with van der Waals surface area (Å²) in [6.07, 6.45) is 0. The molecule has 0 aliphatic carbocycles. The fraction of sp³-hybridized carbons (Fsp3) is 0.222. The van der Waals surface area contributed by atoms with E-state index in [1.807, 2.05) is 30.3 Å². The number of nitrogens with one attached hydrogen (secondary N) is 1. The molecule has 3 aromatic rings. The zero-order valence-corrected chi connectivity index (χ0v) is 14.5. The Kier molecular flexibility index (Phi) is 5.33. The van der Waals surface area contributed by atoms with E-state index < -0.39 is 6.04 Å². The zero-order valence-electron chi connectivity index (χ0n) is 14.5.